The Kier molecular flexibility index (Phi) is 5.73. The maximum absolute atomic E-state index is 12.2. The van der Waals surface area contributed by atoms with Crippen molar-refractivity contribution in [2.24, 2.45) is 0 Å². The molecule has 2 heterocycles. The molecule has 3 rings (SSSR count). The van der Waals surface area contributed by atoms with Crippen LogP contribution in [0, 0.1) is 6.92 Å². The van der Waals surface area contributed by atoms with Crippen LogP contribution >= 0.6 is 0 Å². The smallest absolute Gasteiger partial charge is 0.224 e. The van der Waals surface area contributed by atoms with Crippen molar-refractivity contribution in [1.29, 1.82) is 0 Å². The molecule has 2 aromatic rings. The number of rotatable bonds is 6. The average Bonchev–Trinajstić information content (AvgIpc) is 3.02. The van der Waals surface area contributed by atoms with Gasteiger partial charge in [-0.2, -0.15) is 0 Å². The minimum atomic E-state index is -0.0810. The van der Waals surface area contributed by atoms with E-state index in [0.717, 1.165) is 37.7 Å². The zero-order chi connectivity index (χ0) is 18.5. The van der Waals surface area contributed by atoms with Gasteiger partial charge in [0.15, 0.2) is 5.78 Å². The van der Waals surface area contributed by atoms with Crippen LogP contribution in [0.5, 0.6) is 0 Å². The fourth-order valence-electron chi connectivity index (χ4n) is 3.05. The van der Waals surface area contributed by atoms with E-state index < -0.39 is 0 Å². The number of carbonyl (C=O) groups is 2. The van der Waals surface area contributed by atoms with Gasteiger partial charge in [-0.15, -0.1) is 0 Å². The molecular weight excluding hydrogens is 332 g/mol. The van der Waals surface area contributed by atoms with Crippen LogP contribution in [-0.2, 0) is 16.0 Å². The number of ether oxygens (including phenoxy) is 1. The highest BCUT2D eigenvalue weighted by Gasteiger charge is 2.13. The Morgan fingerprint density at radius 2 is 1.85 bits per heavy atom. The van der Waals surface area contributed by atoms with Gasteiger partial charge in [-0.25, -0.2) is 0 Å². The fraction of sp³-hybridized carbons (Fsp3) is 0.400. The number of anilines is 2. The number of carbonyl (C=O) groups excluding carboxylic acids is 2. The first kappa shape index (κ1) is 18.2. The summed E-state index contributed by atoms with van der Waals surface area (Å²) in [4.78, 5) is 25.9. The molecule has 0 radical (unpaired) electrons. The van der Waals surface area contributed by atoms with Crippen molar-refractivity contribution in [1.82, 2.24) is 0 Å². The quantitative estimate of drug-likeness (QED) is 0.805. The van der Waals surface area contributed by atoms with Gasteiger partial charge in [0.05, 0.1) is 18.8 Å². The zero-order valence-electron chi connectivity index (χ0n) is 15.2. The number of nitrogens with one attached hydrogen (secondary N) is 1. The number of Topliss-reactive ketones (excluding diaryl/α,β-unsaturated/α-hetero) is 1. The molecule has 1 aliphatic heterocycles. The summed E-state index contributed by atoms with van der Waals surface area (Å²) in [5.41, 5.74) is 2.49. The molecule has 0 atom stereocenters. The third-order valence-corrected chi connectivity index (χ3v) is 4.47. The second-order valence-electron chi connectivity index (χ2n) is 6.43. The molecular formula is C20H24N2O4. The number of morpholine rings is 1. The largest absolute Gasteiger partial charge is 0.466 e. The first-order valence-electron chi connectivity index (χ1n) is 8.86. The maximum Gasteiger partial charge on any atom is 0.224 e. The van der Waals surface area contributed by atoms with Crippen molar-refractivity contribution in [3.63, 3.8) is 0 Å². The Bertz CT molecular complexity index is 774. The lowest BCUT2D eigenvalue weighted by Crippen LogP contribution is -2.36. The summed E-state index contributed by atoms with van der Waals surface area (Å²) in [5.74, 6) is 1.15. The number of aryl methyl sites for hydroxylation is 2. The van der Waals surface area contributed by atoms with Crippen LogP contribution in [0.1, 0.15) is 35.2 Å². The Hall–Kier alpha value is -2.60. The molecule has 1 amide bonds. The lowest BCUT2D eigenvalue weighted by molar-refractivity contribution is -0.116. The Morgan fingerprint density at radius 1 is 1.15 bits per heavy atom. The van der Waals surface area contributed by atoms with E-state index in [4.69, 9.17) is 9.15 Å². The SMILES string of the molecule is CC(=O)c1cc(CCC(=O)Nc2ccc(N3CCOCC3)cc2)oc1C. The van der Waals surface area contributed by atoms with Gasteiger partial charge in [-0.05, 0) is 44.2 Å². The number of hydrogen-bond acceptors (Lipinski definition) is 5. The van der Waals surface area contributed by atoms with E-state index in [2.05, 4.69) is 10.2 Å². The molecule has 1 N–H and O–H groups in total. The third kappa shape index (κ3) is 4.52. The van der Waals surface area contributed by atoms with Crippen LogP contribution in [-0.4, -0.2) is 38.0 Å². The van der Waals surface area contributed by atoms with Gasteiger partial charge in [0, 0.05) is 37.3 Å². The second-order valence-corrected chi connectivity index (χ2v) is 6.43. The van der Waals surface area contributed by atoms with E-state index in [1.165, 1.54) is 6.92 Å². The van der Waals surface area contributed by atoms with E-state index in [1.54, 1.807) is 13.0 Å². The van der Waals surface area contributed by atoms with Gasteiger partial charge < -0.3 is 19.4 Å². The van der Waals surface area contributed by atoms with E-state index in [9.17, 15) is 9.59 Å². The van der Waals surface area contributed by atoms with Crippen molar-refractivity contribution in [3.8, 4) is 0 Å². The van der Waals surface area contributed by atoms with Crippen molar-refractivity contribution in [2.75, 3.05) is 36.5 Å². The normalized spacial score (nSPS) is 14.3. The van der Waals surface area contributed by atoms with Crippen LogP contribution in [0.2, 0.25) is 0 Å². The van der Waals surface area contributed by atoms with Crippen LogP contribution in [0.25, 0.3) is 0 Å². The van der Waals surface area contributed by atoms with Gasteiger partial charge in [-0.1, -0.05) is 0 Å². The molecule has 0 aliphatic carbocycles. The summed E-state index contributed by atoms with van der Waals surface area (Å²) >= 11 is 0. The van der Waals surface area contributed by atoms with Gasteiger partial charge in [0.1, 0.15) is 11.5 Å². The summed E-state index contributed by atoms with van der Waals surface area (Å²) in [6.45, 7) is 6.53. The molecule has 1 aliphatic rings. The Labute approximate surface area is 153 Å². The fourth-order valence-corrected chi connectivity index (χ4v) is 3.05. The monoisotopic (exact) mass is 356 g/mol. The lowest BCUT2D eigenvalue weighted by atomic mass is 10.1. The zero-order valence-corrected chi connectivity index (χ0v) is 15.2. The summed E-state index contributed by atoms with van der Waals surface area (Å²) in [6, 6.07) is 9.56. The number of amides is 1. The highest BCUT2D eigenvalue weighted by Crippen LogP contribution is 2.20. The van der Waals surface area contributed by atoms with Gasteiger partial charge >= 0.3 is 0 Å². The first-order valence-corrected chi connectivity index (χ1v) is 8.86. The predicted molar refractivity (Wildman–Crippen MR) is 99.9 cm³/mol. The molecule has 0 saturated carbocycles. The average molecular weight is 356 g/mol. The first-order chi connectivity index (χ1) is 12.5. The molecule has 0 unspecified atom stereocenters. The topological polar surface area (TPSA) is 71.8 Å². The van der Waals surface area contributed by atoms with Gasteiger partial charge in [-0.3, -0.25) is 9.59 Å². The molecule has 1 saturated heterocycles. The number of furan rings is 1. The standard InChI is InChI=1S/C20H24N2O4/c1-14(23)19-13-18(26-15(19)2)7-8-20(24)21-16-3-5-17(6-4-16)22-9-11-25-12-10-22/h3-6,13H,7-12H2,1-2H3,(H,21,24). The lowest BCUT2D eigenvalue weighted by Gasteiger charge is -2.28. The number of nitrogens with zero attached hydrogens (tertiary/aromatic N) is 1. The van der Waals surface area contributed by atoms with E-state index in [1.807, 2.05) is 24.3 Å². The highest BCUT2D eigenvalue weighted by atomic mass is 16.5. The molecule has 0 spiro atoms. The van der Waals surface area contributed by atoms with Crippen LogP contribution in [0.15, 0.2) is 34.7 Å². The molecule has 138 valence electrons. The van der Waals surface area contributed by atoms with Crippen molar-refractivity contribution >= 4 is 23.1 Å². The molecule has 1 aromatic carbocycles. The molecule has 6 heteroatoms. The Morgan fingerprint density at radius 3 is 2.46 bits per heavy atom. The Balaban J connectivity index is 1.51. The molecule has 0 bridgehead atoms. The van der Waals surface area contributed by atoms with Gasteiger partial charge in [0.25, 0.3) is 0 Å². The predicted octanol–water partition coefficient (Wildman–Crippen LogP) is 3.20. The molecule has 26 heavy (non-hydrogen) atoms. The maximum atomic E-state index is 12.2. The third-order valence-electron chi connectivity index (χ3n) is 4.47. The number of benzene rings is 1. The summed E-state index contributed by atoms with van der Waals surface area (Å²) in [7, 11) is 0. The summed E-state index contributed by atoms with van der Waals surface area (Å²) < 4.78 is 10.9. The second kappa shape index (κ2) is 8.19. The van der Waals surface area contributed by atoms with Crippen LogP contribution in [0.3, 0.4) is 0 Å². The van der Waals surface area contributed by atoms with E-state index in [0.29, 0.717) is 29.9 Å². The van der Waals surface area contributed by atoms with Crippen molar-refractivity contribution < 1.29 is 18.7 Å². The van der Waals surface area contributed by atoms with Crippen LogP contribution < -0.4 is 10.2 Å². The minimum Gasteiger partial charge on any atom is -0.466 e. The van der Waals surface area contributed by atoms with E-state index >= 15 is 0 Å². The molecule has 6 nitrogen and oxygen atoms in total. The number of ketones is 1. The molecule has 1 fully saturated rings. The van der Waals surface area contributed by atoms with Gasteiger partial charge in [0.2, 0.25) is 5.91 Å². The highest BCUT2D eigenvalue weighted by molar-refractivity contribution is 5.95. The van der Waals surface area contributed by atoms with E-state index in [-0.39, 0.29) is 11.7 Å². The summed E-state index contributed by atoms with van der Waals surface area (Å²) in [6.07, 6.45) is 0.765. The molecule has 1 aromatic heterocycles. The number of hydrogen-bond donors (Lipinski definition) is 1. The van der Waals surface area contributed by atoms with Crippen molar-refractivity contribution in [3.05, 3.63) is 47.4 Å². The minimum absolute atomic E-state index is 0.0256. The van der Waals surface area contributed by atoms with Crippen LogP contribution in [0.4, 0.5) is 11.4 Å². The summed E-state index contributed by atoms with van der Waals surface area (Å²) in [5, 5.41) is 2.90. The van der Waals surface area contributed by atoms with Crippen molar-refractivity contribution in [2.45, 2.75) is 26.7 Å².